The van der Waals surface area contributed by atoms with E-state index in [0.29, 0.717) is 38.4 Å². The molecule has 128 valence electrons. The van der Waals surface area contributed by atoms with E-state index >= 15 is 0 Å². The zero-order valence-corrected chi connectivity index (χ0v) is 15.4. The molecule has 1 N–H and O–H groups in total. The SMILES string of the molecule is CCc1c(C(=O)O)nn(-c2ccc(Cl)cc2Cl)c1-c1ccc(Cl)cc1. The van der Waals surface area contributed by atoms with Crippen LogP contribution >= 0.6 is 34.8 Å². The highest BCUT2D eigenvalue weighted by Gasteiger charge is 2.24. The van der Waals surface area contributed by atoms with Crippen molar-refractivity contribution in [3.63, 3.8) is 0 Å². The van der Waals surface area contributed by atoms with Crippen molar-refractivity contribution in [2.75, 3.05) is 0 Å². The molecule has 0 saturated heterocycles. The fourth-order valence-corrected chi connectivity index (χ4v) is 3.30. The summed E-state index contributed by atoms with van der Waals surface area (Å²) in [6, 6.07) is 12.1. The summed E-state index contributed by atoms with van der Waals surface area (Å²) in [7, 11) is 0. The van der Waals surface area contributed by atoms with Gasteiger partial charge in [0.15, 0.2) is 5.69 Å². The molecule has 3 aromatic rings. The molecule has 0 amide bonds. The van der Waals surface area contributed by atoms with Crippen molar-refractivity contribution >= 4 is 40.8 Å². The molecule has 0 atom stereocenters. The maximum Gasteiger partial charge on any atom is 0.356 e. The predicted molar refractivity (Wildman–Crippen MR) is 100 cm³/mol. The van der Waals surface area contributed by atoms with E-state index in [0.717, 1.165) is 5.56 Å². The van der Waals surface area contributed by atoms with E-state index in [-0.39, 0.29) is 5.69 Å². The summed E-state index contributed by atoms with van der Waals surface area (Å²) < 4.78 is 1.55. The Kier molecular flexibility index (Phi) is 5.04. The van der Waals surface area contributed by atoms with Crippen LogP contribution in [0.4, 0.5) is 0 Å². The third-order valence-electron chi connectivity index (χ3n) is 3.80. The van der Waals surface area contributed by atoms with E-state index < -0.39 is 5.97 Å². The van der Waals surface area contributed by atoms with Gasteiger partial charge in [-0.3, -0.25) is 0 Å². The van der Waals surface area contributed by atoms with Gasteiger partial charge in [-0.05, 0) is 36.8 Å². The molecule has 2 aromatic carbocycles. The average molecular weight is 396 g/mol. The second-order valence-corrected chi connectivity index (χ2v) is 6.63. The van der Waals surface area contributed by atoms with Gasteiger partial charge in [-0.15, -0.1) is 0 Å². The third kappa shape index (κ3) is 3.38. The van der Waals surface area contributed by atoms with Crippen LogP contribution in [0.2, 0.25) is 15.1 Å². The lowest BCUT2D eigenvalue weighted by molar-refractivity contribution is 0.0689. The molecule has 0 radical (unpaired) electrons. The van der Waals surface area contributed by atoms with E-state index in [1.807, 2.05) is 19.1 Å². The van der Waals surface area contributed by atoms with Crippen LogP contribution in [0, 0.1) is 0 Å². The molecule has 0 fully saturated rings. The van der Waals surface area contributed by atoms with E-state index in [4.69, 9.17) is 34.8 Å². The highest BCUT2D eigenvalue weighted by atomic mass is 35.5. The lowest BCUT2D eigenvalue weighted by Gasteiger charge is -2.11. The first-order chi connectivity index (χ1) is 11.9. The Morgan fingerprint density at radius 1 is 1.08 bits per heavy atom. The number of nitrogens with zero attached hydrogens (tertiary/aromatic N) is 2. The Bertz CT molecular complexity index is 950. The van der Waals surface area contributed by atoms with Crippen molar-refractivity contribution in [1.29, 1.82) is 0 Å². The van der Waals surface area contributed by atoms with Gasteiger partial charge in [0.2, 0.25) is 0 Å². The summed E-state index contributed by atoms with van der Waals surface area (Å²) in [5.41, 5.74) is 2.64. The number of hydrogen-bond acceptors (Lipinski definition) is 2. The van der Waals surface area contributed by atoms with Crippen molar-refractivity contribution in [3.05, 3.63) is 68.8 Å². The number of aromatic carboxylic acids is 1. The number of halogens is 3. The molecular weight excluding hydrogens is 383 g/mol. The summed E-state index contributed by atoms with van der Waals surface area (Å²) in [6.45, 7) is 1.89. The van der Waals surface area contributed by atoms with Crippen LogP contribution in [0.25, 0.3) is 16.9 Å². The van der Waals surface area contributed by atoms with Gasteiger partial charge in [-0.1, -0.05) is 53.9 Å². The van der Waals surface area contributed by atoms with Crippen LogP contribution < -0.4 is 0 Å². The topological polar surface area (TPSA) is 55.1 Å². The molecule has 0 aliphatic heterocycles. The second kappa shape index (κ2) is 7.08. The smallest absolute Gasteiger partial charge is 0.356 e. The number of aromatic nitrogens is 2. The highest BCUT2D eigenvalue weighted by molar-refractivity contribution is 6.35. The Balaban J connectivity index is 2.34. The molecule has 7 heteroatoms. The molecule has 3 rings (SSSR count). The first-order valence-corrected chi connectivity index (χ1v) is 8.62. The average Bonchev–Trinajstić information content (AvgIpc) is 2.95. The molecule has 0 aliphatic rings. The number of hydrogen-bond donors (Lipinski definition) is 1. The van der Waals surface area contributed by atoms with Gasteiger partial charge < -0.3 is 5.11 Å². The minimum Gasteiger partial charge on any atom is -0.476 e. The maximum atomic E-state index is 11.7. The number of carboxylic acid groups (broad SMARTS) is 1. The van der Waals surface area contributed by atoms with Crippen molar-refractivity contribution in [2.45, 2.75) is 13.3 Å². The highest BCUT2D eigenvalue weighted by Crippen LogP contribution is 2.33. The minimum absolute atomic E-state index is 0.00142. The molecule has 0 aliphatic carbocycles. The second-order valence-electron chi connectivity index (χ2n) is 5.35. The minimum atomic E-state index is -1.09. The predicted octanol–water partition coefficient (Wildman–Crippen LogP) is 5.76. The van der Waals surface area contributed by atoms with E-state index in [1.165, 1.54) is 0 Å². The normalized spacial score (nSPS) is 10.9. The molecular formula is C18H13Cl3N2O2. The number of carboxylic acids is 1. The van der Waals surface area contributed by atoms with E-state index in [9.17, 15) is 9.90 Å². The van der Waals surface area contributed by atoms with E-state index in [1.54, 1.807) is 35.0 Å². The standard InChI is InChI=1S/C18H13Cl3N2O2/c1-2-13-16(18(24)25)22-23(15-8-7-12(20)9-14(15)21)17(13)10-3-5-11(19)6-4-10/h3-9H,2H2,1H3,(H,24,25). The van der Waals surface area contributed by atoms with Gasteiger partial charge in [0.1, 0.15) is 0 Å². The largest absolute Gasteiger partial charge is 0.476 e. The molecule has 0 saturated carbocycles. The van der Waals surface area contributed by atoms with Crippen molar-refractivity contribution in [2.24, 2.45) is 0 Å². The maximum absolute atomic E-state index is 11.7. The van der Waals surface area contributed by atoms with Gasteiger partial charge in [0.05, 0.1) is 16.4 Å². The first-order valence-electron chi connectivity index (χ1n) is 7.49. The van der Waals surface area contributed by atoms with Gasteiger partial charge in [-0.2, -0.15) is 5.10 Å². The fourth-order valence-electron chi connectivity index (χ4n) is 2.69. The van der Waals surface area contributed by atoms with Crippen LogP contribution in [0.15, 0.2) is 42.5 Å². The molecule has 25 heavy (non-hydrogen) atoms. The zero-order chi connectivity index (χ0) is 18.1. The monoisotopic (exact) mass is 394 g/mol. The third-order valence-corrected chi connectivity index (χ3v) is 4.59. The summed E-state index contributed by atoms with van der Waals surface area (Å²) in [6.07, 6.45) is 0.505. The van der Waals surface area contributed by atoms with Crippen molar-refractivity contribution in [3.8, 4) is 16.9 Å². The molecule has 0 spiro atoms. The summed E-state index contributed by atoms with van der Waals surface area (Å²) in [5.74, 6) is -1.09. The van der Waals surface area contributed by atoms with E-state index in [2.05, 4.69) is 5.10 Å². The van der Waals surface area contributed by atoms with Crippen LogP contribution in [-0.2, 0) is 6.42 Å². The van der Waals surface area contributed by atoms with Gasteiger partial charge in [-0.25, -0.2) is 9.48 Å². The Hall–Kier alpha value is -2.01. The number of carbonyl (C=O) groups is 1. The van der Waals surface area contributed by atoms with Crippen LogP contribution in [0.3, 0.4) is 0 Å². The summed E-state index contributed by atoms with van der Waals surface area (Å²) >= 11 is 18.3. The van der Waals surface area contributed by atoms with Gasteiger partial charge in [0.25, 0.3) is 0 Å². The first kappa shape index (κ1) is 17.8. The Labute approximate surface area is 159 Å². The number of benzene rings is 2. The Morgan fingerprint density at radius 3 is 2.28 bits per heavy atom. The summed E-state index contributed by atoms with van der Waals surface area (Å²) in [5, 5.41) is 15.3. The molecule has 1 heterocycles. The molecule has 1 aromatic heterocycles. The van der Waals surface area contributed by atoms with Gasteiger partial charge >= 0.3 is 5.97 Å². The zero-order valence-electron chi connectivity index (χ0n) is 13.1. The number of rotatable bonds is 4. The fraction of sp³-hybridized carbons (Fsp3) is 0.111. The summed E-state index contributed by atoms with van der Waals surface area (Å²) in [4.78, 5) is 11.7. The Morgan fingerprint density at radius 2 is 1.72 bits per heavy atom. The van der Waals surface area contributed by atoms with Crippen molar-refractivity contribution < 1.29 is 9.90 Å². The van der Waals surface area contributed by atoms with Crippen molar-refractivity contribution in [1.82, 2.24) is 9.78 Å². The van der Waals surface area contributed by atoms with Gasteiger partial charge in [0, 0.05) is 21.2 Å². The lowest BCUT2D eigenvalue weighted by Crippen LogP contribution is -2.03. The van der Waals surface area contributed by atoms with Crippen LogP contribution in [-0.4, -0.2) is 20.9 Å². The quantitative estimate of drug-likeness (QED) is 0.611. The van der Waals surface area contributed by atoms with Crippen LogP contribution in [0.5, 0.6) is 0 Å². The van der Waals surface area contributed by atoms with Crippen LogP contribution in [0.1, 0.15) is 23.0 Å². The molecule has 0 bridgehead atoms. The molecule has 4 nitrogen and oxygen atoms in total. The lowest BCUT2D eigenvalue weighted by atomic mass is 10.0. The molecule has 0 unspecified atom stereocenters.